The highest BCUT2D eigenvalue weighted by atomic mass is 32.2. The smallest absolute Gasteiger partial charge is 0.269 e. The largest absolute Gasteiger partial charge is 0.396 e. The molecule has 1 heterocycles. The predicted octanol–water partition coefficient (Wildman–Crippen LogP) is 1.42. The van der Waals surface area contributed by atoms with E-state index in [0.29, 0.717) is 11.3 Å². The summed E-state index contributed by atoms with van der Waals surface area (Å²) in [5.41, 5.74) is 0.610. The molecule has 0 atom stereocenters. The van der Waals surface area contributed by atoms with Crippen LogP contribution in [0.1, 0.15) is 12.5 Å². The molecule has 22 heavy (non-hydrogen) atoms. The highest BCUT2D eigenvalue weighted by Gasteiger charge is 2.38. The van der Waals surface area contributed by atoms with Crippen LogP contribution in [0.25, 0.3) is 5.57 Å². The minimum absolute atomic E-state index is 0.0852. The second-order valence-corrected chi connectivity index (χ2v) is 5.54. The predicted molar refractivity (Wildman–Crippen MR) is 82.0 cm³/mol. The summed E-state index contributed by atoms with van der Waals surface area (Å²) in [5.74, 6) is -0.511. The van der Waals surface area contributed by atoms with Gasteiger partial charge in [-0.25, -0.2) is 0 Å². The number of thioether (sulfide) groups is 1. The molecule has 0 saturated heterocycles. The maximum Gasteiger partial charge on any atom is 0.269 e. The Morgan fingerprint density at radius 3 is 2.36 bits per heavy atom. The van der Waals surface area contributed by atoms with Crippen LogP contribution >= 0.6 is 11.8 Å². The average molecular weight is 322 g/mol. The number of amides is 2. The summed E-state index contributed by atoms with van der Waals surface area (Å²) in [6.07, 6.45) is 0. The molecule has 1 aromatic rings. The maximum absolute atomic E-state index is 12.4. The Morgan fingerprint density at radius 1 is 1.23 bits per heavy atom. The zero-order chi connectivity index (χ0) is 16.3. The molecule has 0 fully saturated rings. The normalized spacial score (nSPS) is 14.9. The fourth-order valence-corrected chi connectivity index (χ4v) is 3.01. The lowest BCUT2D eigenvalue weighted by Crippen LogP contribution is -2.31. The molecule has 8 heteroatoms. The fraction of sp³-hybridized carbons (Fsp3) is 0.286. The molecular formula is C14H14N2O5S. The van der Waals surface area contributed by atoms with Gasteiger partial charge in [0.25, 0.3) is 17.5 Å². The summed E-state index contributed by atoms with van der Waals surface area (Å²) >= 11 is 1.11. The Hall–Kier alpha value is -2.19. The summed E-state index contributed by atoms with van der Waals surface area (Å²) in [6.45, 7) is 1.83. The lowest BCUT2D eigenvalue weighted by atomic mass is 10.1. The van der Waals surface area contributed by atoms with E-state index >= 15 is 0 Å². The summed E-state index contributed by atoms with van der Waals surface area (Å²) in [6, 6.07) is 5.50. The van der Waals surface area contributed by atoms with Gasteiger partial charge in [-0.15, -0.1) is 11.8 Å². The molecule has 1 aliphatic rings. The molecule has 0 unspecified atom stereocenters. The SMILES string of the molecule is CCN1C(=O)C(SCCO)=C(c2ccc([N+](=O)[O-])cc2)C1=O. The van der Waals surface area contributed by atoms with E-state index in [-0.39, 0.29) is 35.2 Å². The van der Waals surface area contributed by atoms with E-state index in [1.807, 2.05) is 0 Å². The van der Waals surface area contributed by atoms with Crippen LogP contribution in [0.3, 0.4) is 0 Å². The Morgan fingerprint density at radius 2 is 1.86 bits per heavy atom. The third-order valence-electron chi connectivity index (χ3n) is 3.15. The minimum Gasteiger partial charge on any atom is -0.396 e. The van der Waals surface area contributed by atoms with Crippen molar-refractivity contribution in [1.29, 1.82) is 0 Å². The number of aliphatic hydroxyl groups is 1. The first-order chi connectivity index (χ1) is 10.5. The van der Waals surface area contributed by atoms with Crippen molar-refractivity contribution in [2.24, 2.45) is 0 Å². The molecule has 0 aliphatic carbocycles. The first kappa shape index (κ1) is 16.2. The van der Waals surface area contributed by atoms with E-state index in [1.165, 1.54) is 24.3 Å². The second kappa shape index (κ2) is 6.71. The van der Waals surface area contributed by atoms with Gasteiger partial charge in [0.2, 0.25) is 0 Å². The Bertz CT molecular complexity index is 654. The molecule has 0 bridgehead atoms. The van der Waals surface area contributed by atoms with E-state index in [2.05, 4.69) is 0 Å². The second-order valence-electron chi connectivity index (χ2n) is 4.43. The highest BCUT2D eigenvalue weighted by Crippen LogP contribution is 2.36. The van der Waals surface area contributed by atoms with Gasteiger partial charge in [0, 0.05) is 24.4 Å². The zero-order valence-electron chi connectivity index (χ0n) is 11.8. The van der Waals surface area contributed by atoms with Crippen LogP contribution in [0.2, 0.25) is 0 Å². The van der Waals surface area contributed by atoms with Crippen LogP contribution in [0.5, 0.6) is 0 Å². The lowest BCUT2D eigenvalue weighted by Gasteiger charge is -2.11. The fourth-order valence-electron chi connectivity index (χ4n) is 2.13. The number of likely N-dealkylation sites (N-methyl/N-ethyl adjacent to an activating group) is 1. The van der Waals surface area contributed by atoms with E-state index in [9.17, 15) is 19.7 Å². The molecule has 2 rings (SSSR count). The van der Waals surface area contributed by atoms with E-state index in [0.717, 1.165) is 16.7 Å². The highest BCUT2D eigenvalue weighted by molar-refractivity contribution is 8.04. The number of carbonyl (C=O) groups excluding carboxylic acids is 2. The van der Waals surface area contributed by atoms with Crippen LogP contribution in [-0.2, 0) is 9.59 Å². The third kappa shape index (κ3) is 2.88. The monoisotopic (exact) mass is 322 g/mol. The number of rotatable bonds is 6. The van der Waals surface area contributed by atoms with E-state index in [4.69, 9.17) is 5.11 Å². The zero-order valence-corrected chi connectivity index (χ0v) is 12.6. The Labute approximate surface area is 130 Å². The van der Waals surface area contributed by atoms with Crippen molar-refractivity contribution < 1.29 is 19.6 Å². The number of non-ortho nitro benzene ring substituents is 1. The van der Waals surface area contributed by atoms with Crippen LogP contribution < -0.4 is 0 Å². The van der Waals surface area contributed by atoms with Gasteiger partial charge >= 0.3 is 0 Å². The van der Waals surface area contributed by atoms with Gasteiger partial charge in [0.05, 0.1) is 22.0 Å². The molecule has 7 nitrogen and oxygen atoms in total. The number of aliphatic hydroxyl groups excluding tert-OH is 1. The van der Waals surface area contributed by atoms with E-state index < -0.39 is 10.8 Å². The molecule has 2 amide bonds. The Balaban J connectivity index is 2.46. The number of nitrogens with zero attached hydrogens (tertiary/aromatic N) is 2. The van der Waals surface area contributed by atoms with Crippen LogP contribution in [0.4, 0.5) is 5.69 Å². The summed E-state index contributed by atoms with van der Waals surface area (Å²) in [7, 11) is 0. The van der Waals surface area contributed by atoms with Gasteiger partial charge in [0.15, 0.2) is 0 Å². The van der Waals surface area contributed by atoms with Crippen LogP contribution in [0.15, 0.2) is 29.2 Å². The average Bonchev–Trinajstić information content (AvgIpc) is 2.75. The molecule has 1 aromatic carbocycles. The van der Waals surface area contributed by atoms with Crippen molar-refractivity contribution in [3.8, 4) is 0 Å². The first-order valence-electron chi connectivity index (χ1n) is 6.60. The van der Waals surface area contributed by atoms with Crippen LogP contribution in [0, 0.1) is 10.1 Å². The molecule has 1 N–H and O–H groups in total. The number of hydrogen-bond donors (Lipinski definition) is 1. The minimum atomic E-state index is -0.528. The van der Waals surface area contributed by atoms with E-state index in [1.54, 1.807) is 6.92 Å². The lowest BCUT2D eigenvalue weighted by molar-refractivity contribution is -0.384. The molecule has 116 valence electrons. The maximum atomic E-state index is 12.4. The summed E-state index contributed by atoms with van der Waals surface area (Å²) in [5, 5.41) is 19.6. The van der Waals surface area contributed by atoms with Crippen molar-refractivity contribution in [3.05, 3.63) is 44.8 Å². The van der Waals surface area contributed by atoms with Gasteiger partial charge in [-0.3, -0.25) is 24.6 Å². The van der Waals surface area contributed by atoms with Crippen molar-refractivity contribution >= 4 is 34.8 Å². The molecule has 0 aromatic heterocycles. The van der Waals surface area contributed by atoms with Crippen molar-refractivity contribution in [2.45, 2.75) is 6.92 Å². The summed E-state index contributed by atoms with van der Waals surface area (Å²) < 4.78 is 0. The number of benzene rings is 1. The number of hydrogen-bond acceptors (Lipinski definition) is 6. The molecule has 0 saturated carbocycles. The number of imide groups is 1. The van der Waals surface area contributed by atoms with Crippen molar-refractivity contribution in [3.63, 3.8) is 0 Å². The van der Waals surface area contributed by atoms with Crippen molar-refractivity contribution in [2.75, 3.05) is 18.9 Å². The van der Waals surface area contributed by atoms with Crippen molar-refractivity contribution in [1.82, 2.24) is 4.90 Å². The quantitative estimate of drug-likeness (QED) is 0.483. The van der Waals surface area contributed by atoms with Gasteiger partial charge in [-0.05, 0) is 24.6 Å². The molecule has 1 aliphatic heterocycles. The van der Waals surface area contributed by atoms with Crippen LogP contribution in [-0.4, -0.2) is 45.6 Å². The standard InChI is InChI=1S/C14H14N2O5S/c1-2-15-13(18)11(12(14(15)19)22-8-7-17)9-3-5-10(6-4-9)16(20)21/h3-6,17H,2,7-8H2,1H3. The molecule has 0 spiro atoms. The number of carbonyl (C=O) groups is 2. The summed E-state index contributed by atoms with van der Waals surface area (Å²) in [4.78, 5) is 36.2. The Kier molecular flexibility index (Phi) is 4.94. The third-order valence-corrected chi connectivity index (χ3v) is 4.20. The topological polar surface area (TPSA) is 101 Å². The number of nitro benzene ring substituents is 1. The number of nitro groups is 1. The van der Waals surface area contributed by atoms with Gasteiger partial charge in [-0.1, -0.05) is 0 Å². The van der Waals surface area contributed by atoms with Gasteiger partial charge in [0.1, 0.15) is 0 Å². The van der Waals surface area contributed by atoms with Gasteiger partial charge < -0.3 is 5.11 Å². The van der Waals surface area contributed by atoms with Gasteiger partial charge in [-0.2, -0.15) is 0 Å². The molecule has 0 radical (unpaired) electrons. The molecular weight excluding hydrogens is 308 g/mol. The first-order valence-corrected chi connectivity index (χ1v) is 7.58.